The van der Waals surface area contributed by atoms with Gasteiger partial charge in [-0.2, -0.15) is 0 Å². The molecule has 0 bridgehead atoms. The van der Waals surface area contributed by atoms with Gasteiger partial charge in [-0.1, -0.05) is 13.1 Å². The highest BCUT2D eigenvalue weighted by Gasteiger charge is 2.05. The largest absolute Gasteiger partial charge is 0.361 e. The highest BCUT2D eigenvalue weighted by atomic mass is 28.3. The highest BCUT2D eigenvalue weighted by Crippen LogP contribution is 1.79. The molecule has 0 aliphatic heterocycles. The fourth-order valence-corrected chi connectivity index (χ4v) is 0.868. The fraction of sp³-hybridized carbons (Fsp3) is 0.800. The second kappa shape index (κ2) is 3.66. The van der Waals surface area contributed by atoms with Gasteiger partial charge in [0.1, 0.15) is 0 Å². The molecule has 0 heterocycles. The molecule has 0 unspecified atom stereocenters. The van der Waals surface area contributed by atoms with Crippen LogP contribution in [0.4, 0.5) is 4.79 Å². The van der Waals surface area contributed by atoms with Gasteiger partial charge in [-0.15, -0.1) is 0 Å². The Labute approximate surface area is 51.9 Å². The summed E-state index contributed by atoms with van der Waals surface area (Å²) in [4.78, 5) is 10.7. The van der Waals surface area contributed by atoms with Gasteiger partial charge < -0.3 is 5.32 Å². The van der Waals surface area contributed by atoms with Crippen LogP contribution in [0.1, 0.15) is 6.92 Å². The minimum atomic E-state index is -0.725. The summed E-state index contributed by atoms with van der Waals surface area (Å²) in [6.07, 6.45) is 0. The number of hydrogen-bond donors (Lipinski definition) is 1. The highest BCUT2D eigenvalue weighted by molar-refractivity contribution is 6.87. The van der Waals surface area contributed by atoms with Gasteiger partial charge in [-0.3, -0.25) is 4.79 Å². The predicted octanol–water partition coefficient (Wildman–Crippen LogP) is 1.05. The molecule has 1 N–H and O–H groups in total. The van der Waals surface area contributed by atoms with Crippen LogP contribution in [-0.4, -0.2) is 20.9 Å². The number of rotatable bonds is 2. The Balaban J connectivity index is 3.33. The molecule has 0 spiro atoms. The zero-order valence-corrected chi connectivity index (χ0v) is 6.62. The average Bonchev–Trinajstić information content (AvgIpc) is 1.67. The summed E-state index contributed by atoms with van der Waals surface area (Å²) in [5.74, 6) is 0. The van der Waals surface area contributed by atoms with Crippen molar-refractivity contribution >= 4 is 14.3 Å². The quantitative estimate of drug-likeness (QED) is 0.556. The Bertz CT molecular complexity index is 82.5. The van der Waals surface area contributed by atoms with Crippen LogP contribution in [0.3, 0.4) is 0 Å². The van der Waals surface area contributed by atoms with Crippen molar-refractivity contribution in [2.75, 3.05) is 6.54 Å². The van der Waals surface area contributed by atoms with Crippen LogP contribution in [0, 0.1) is 0 Å². The van der Waals surface area contributed by atoms with Gasteiger partial charge in [-0.25, -0.2) is 0 Å². The molecule has 8 heavy (non-hydrogen) atoms. The number of hydrogen-bond acceptors (Lipinski definition) is 1. The van der Waals surface area contributed by atoms with Crippen LogP contribution < -0.4 is 5.32 Å². The van der Waals surface area contributed by atoms with E-state index < -0.39 is 8.80 Å². The van der Waals surface area contributed by atoms with Gasteiger partial charge in [0.25, 0.3) is 0 Å². The lowest BCUT2D eigenvalue weighted by Gasteiger charge is -2.00. The summed E-state index contributed by atoms with van der Waals surface area (Å²) < 4.78 is 0. The third kappa shape index (κ3) is 2.79. The van der Waals surface area contributed by atoms with Crippen LogP contribution in [0.5, 0.6) is 0 Å². The Morgan fingerprint density at radius 3 is 2.25 bits per heavy atom. The van der Waals surface area contributed by atoms with Gasteiger partial charge in [0.2, 0.25) is 0 Å². The molecule has 0 aromatic heterocycles. The van der Waals surface area contributed by atoms with E-state index in [2.05, 4.69) is 5.32 Å². The first kappa shape index (κ1) is 7.69. The van der Waals surface area contributed by atoms with Crippen molar-refractivity contribution in [3.05, 3.63) is 0 Å². The molecule has 47 valence electrons. The normalized spacial score (nSPS) is 9.50. The number of nitrogens with one attached hydrogen (secondary N) is 1. The second-order valence-corrected chi connectivity index (χ2v) is 4.31. The molecule has 0 rings (SSSR count). The van der Waals surface area contributed by atoms with E-state index in [-0.39, 0.29) is 5.53 Å². The molecule has 0 saturated heterocycles. The molecule has 1 radical (unpaired) electrons. The molecule has 0 fully saturated rings. The van der Waals surface area contributed by atoms with Crippen molar-refractivity contribution < 1.29 is 4.79 Å². The van der Waals surface area contributed by atoms with E-state index in [1.54, 1.807) is 0 Å². The van der Waals surface area contributed by atoms with Gasteiger partial charge in [0.05, 0.1) is 0 Å². The minimum Gasteiger partial charge on any atom is -0.361 e. The molecule has 1 amide bonds. The summed E-state index contributed by atoms with van der Waals surface area (Å²) in [5.41, 5.74) is 0.234. The Kier molecular flexibility index (Phi) is 3.52. The molecule has 0 aromatic rings. The molecule has 0 aliphatic rings. The lowest BCUT2D eigenvalue weighted by Crippen LogP contribution is -2.31. The van der Waals surface area contributed by atoms with Crippen molar-refractivity contribution in [3.63, 3.8) is 0 Å². The van der Waals surface area contributed by atoms with E-state index in [4.69, 9.17) is 0 Å². The minimum absolute atomic E-state index is 0.234. The SMILES string of the molecule is CCNC(=O)[Si](C)C. The molecule has 2 nitrogen and oxygen atoms in total. The van der Waals surface area contributed by atoms with Gasteiger partial charge >= 0.3 is 0 Å². The van der Waals surface area contributed by atoms with Crippen molar-refractivity contribution in [2.45, 2.75) is 20.0 Å². The smallest absolute Gasteiger partial charge is 0.189 e. The third-order valence-electron chi connectivity index (χ3n) is 0.791. The van der Waals surface area contributed by atoms with Crippen LogP contribution in [0.15, 0.2) is 0 Å². The van der Waals surface area contributed by atoms with Crippen LogP contribution in [0.25, 0.3) is 0 Å². The lowest BCUT2D eigenvalue weighted by atomic mass is 10.8. The Morgan fingerprint density at radius 1 is 1.62 bits per heavy atom. The Hall–Kier alpha value is -0.313. The standard InChI is InChI=1S/C5H12NOSi/c1-4-6-5(7)8(2)3/h4H2,1-3H3,(H,6,7). The summed E-state index contributed by atoms with van der Waals surface area (Å²) in [5, 5.41) is 2.75. The van der Waals surface area contributed by atoms with Gasteiger partial charge in [0.15, 0.2) is 14.3 Å². The van der Waals surface area contributed by atoms with Crippen molar-refractivity contribution in [1.29, 1.82) is 0 Å². The Morgan fingerprint density at radius 2 is 2.12 bits per heavy atom. The molecule has 0 saturated carbocycles. The average molecular weight is 130 g/mol. The molecular weight excluding hydrogens is 118 g/mol. The first-order valence-corrected chi connectivity index (χ1v) is 5.26. The fourth-order valence-electron chi connectivity index (χ4n) is 0.337. The topological polar surface area (TPSA) is 29.1 Å². The van der Waals surface area contributed by atoms with E-state index in [0.717, 1.165) is 6.54 Å². The van der Waals surface area contributed by atoms with E-state index in [0.29, 0.717) is 0 Å². The van der Waals surface area contributed by atoms with Crippen LogP contribution in [-0.2, 0) is 0 Å². The third-order valence-corrected chi connectivity index (χ3v) is 1.88. The van der Waals surface area contributed by atoms with Gasteiger partial charge in [-0.05, 0) is 6.92 Å². The van der Waals surface area contributed by atoms with Crippen molar-refractivity contribution in [3.8, 4) is 0 Å². The van der Waals surface area contributed by atoms with Crippen LogP contribution >= 0.6 is 0 Å². The van der Waals surface area contributed by atoms with Crippen molar-refractivity contribution in [1.82, 2.24) is 5.32 Å². The first-order chi connectivity index (χ1) is 3.68. The molecule has 3 heteroatoms. The zero-order chi connectivity index (χ0) is 6.57. The van der Waals surface area contributed by atoms with Crippen LogP contribution in [0.2, 0.25) is 13.1 Å². The molecule has 0 aromatic carbocycles. The van der Waals surface area contributed by atoms with E-state index >= 15 is 0 Å². The summed E-state index contributed by atoms with van der Waals surface area (Å²) in [6, 6.07) is 0. The van der Waals surface area contributed by atoms with Crippen molar-refractivity contribution in [2.24, 2.45) is 0 Å². The zero-order valence-electron chi connectivity index (χ0n) is 5.62. The molecule has 0 aliphatic carbocycles. The lowest BCUT2D eigenvalue weighted by molar-refractivity contribution is 0.259. The van der Waals surface area contributed by atoms with E-state index in [1.807, 2.05) is 20.0 Å². The number of carbonyl (C=O) groups is 1. The summed E-state index contributed by atoms with van der Waals surface area (Å²) >= 11 is 0. The number of amides is 1. The molecular formula is C5H12NOSi. The van der Waals surface area contributed by atoms with E-state index in [1.165, 1.54) is 0 Å². The first-order valence-electron chi connectivity index (χ1n) is 2.76. The molecule has 0 atom stereocenters. The maximum absolute atomic E-state index is 10.7. The maximum atomic E-state index is 10.7. The second-order valence-electron chi connectivity index (χ2n) is 1.86. The van der Waals surface area contributed by atoms with E-state index in [9.17, 15) is 4.79 Å². The number of carbonyl (C=O) groups excluding carboxylic acids is 1. The monoisotopic (exact) mass is 130 g/mol. The summed E-state index contributed by atoms with van der Waals surface area (Å²) in [6.45, 7) is 6.66. The summed E-state index contributed by atoms with van der Waals surface area (Å²) in [7, 11) is -0.725. The van der Waals surface area contributed by atoms with Gasteiger partial charge in [0, 0.05) is 6.54 Å². The maximum Gasteiger partial charge on any atom is 0.189 e. The predicted molar refractivity (Wildman–Crippen MR) is 36.6 cm³/mol.